The second-order valence-electron chi connectivity index (χ2n) is 3.87. The Morgan fingerprint density at radius 1 is 1.50 bits per heavy atom. The average molecular weight is 265 g/mol. The zero-order valence-electron chi connectivity index (χ0n) is 9.88. The van der Waals surface area contributed by atoms with E-state index in [9.17, 15) is 4.79 Å². The van der Waals surface area contributed by atoms with Crippen LogP contribution in [0.25, 0.3) is 5.82 Å². The third kappa shape index (κ3) is 2.68. The van der Waals surface area contributed by atoms with Crippen molar-refractivity contribution in [1.82, 2.24) is 14.8 Å². The third-order valence-corrected chi connectivity index (χ3v) is 2.91. The normalized spacial score (nSPS) is 12.1. The number of pyridine rings is 1. The molecule has 0 aromatic carbocycles. The highest BCUT2D eigenvalue weighted by molar-refractivity contribution is 6.19. The maximum atomic E-state index is 11.8. The summed E-state index contributed by atoms with van der Waals surface area (Å²) in [7, 11) is 0. The van der Waals surface area contributed by atoms with Gasteiger partial charge in [-0.2, -0.15) is 5.10 Å². The van der Waals surface area contributed by atoms with Gasteiger partial charge in [-0.3, -0.25) is 4.79 Å². The number of hydrogen-bond acceptors (Lipinski definition) is 3. The highest BCUT2D eigenvalue weighted by atomic mass is 35.5. The first-order valence-corrected chi connectivity index (χ1v) is 6.07. The summed E-state index contributed by atoms with van der Waals surface area (Å²) in [4.78, 5) is 16.0. The molecular formula is C12H13ClN4O. The molecule has 94 valence electrons. The summed E-state index contributed by atoms with van der Waals surface area (Å²) in [5.74, 6) is 0.477. The fourth-order valence-electron chi connectivity index (χ4n) is 1.40. The Hall–Kier alpha value is -1.88. The lowest BCUT2D eigenvalue weighted by atomic mass is 10.2. The number of amides is 1. The summed E-state index contributed by atoms with van der Waals surface area (Å²) in [5, 5.41) is 6.90. The van der Waals surface area contributed by atoms with Gasteiger partial charge in [0.15, 0.2) is 5.82 Å². The van der Waals surface area contributed by atoms with Crippen molar-refractivity contribution >= 4 is 23.2 Å². The number of rotatable bonds is 4. The summed E-state index contributed by atoms with van der Waals surface area (Å²) in [6.45, 7) is 1.77. The molecule has 6 heteroatoms. The quantitative estimate of drug-likeness (QED) is 0.860. The molecule has 5 nitrogen and oxygen atoms in total. The maximum absolute atomic E-state index is 11.8. The zero-order valence-corrected chi connectivity index (χ0v) is 10.6. The fourth-order valence-corrected chi connectivity index (χ4v) is 1.54. The number of nitrogens with one attached hydrogen (secondary N) is 1. The van der Waals surface area contributed by atoms with E-state index in [1.54, 1.807) is 48.4 Å². The molecule has 0 bridgehead atoms. The first-order chi connectivity index (χ1) is 8.72. The molecular weight excluding hydrogens is 252 g/mol. The molecule has 0 fully saturated rings. The van der Waals surface area contributed by atoms with Crippen LogP contribution in [0, 0.1) is 5.92 Å². The largest absolute Gasteiger partial charge is 0.323 e. The van der Waals surface area contributed by atoms with E-state index in [0.717, 1.165) is 0 Å². The van der Waals surface area contributed by atoms with Crippen LogP contribution in [0.15, 0.2) is 36.8 Å². The van der Waals surface area contributed by atoms with Crippen molar-refractivity contribution in [3.8, 4) is 5.82 Å². The van der Waals surface area contributed by atoms with Gasteiger partial charge in [0.05, 0.1) is 5.69 Å². The summed E-state index contributed by atoms with van der Waals surface area (Å²) in [6, 6.07) is 5.33. The second-order valence-corrected chi connectivity index (χ2v) is 4.18. The molecule has 1 atom stereocenters. The van der Waals surface area contributed by atoms with Crippen LogP contribution in [0.4, 0.5) is 5.69 Å². The smallest absolute Gasteiger partial charge is 0.228 e. The Labute approximate surface area is 110 Å². The van der Waals surface area contributed by atoms with Crippen LogP contribution in [0.2, 0.25) is 0 Å². The Bertz CT molecular complexity index is 527. The van der Waals surface area contributed by atoms with Crippen molar-refractivity contribution in [3.63, 3.8) is 0 Å². The second kappa shape index (κ2) is 5.64. The van der Waals surface area contributed by atoms with Crippen molar-refractivity contribution in [1.29, 1.82) is 0 Å². The number of anilines is 1. The monoisotopic (exact) mass is 264 g/mol. The summed E-state index contributed by atoms with van der Waals surface area (Å²) in [6.07, 6.45) is 5.07. The lowest BCUT2D eigenvalue weighted by Crippen LogP contribution is -2.22. The van der Waals surface area contributed by atoms with Gasteiger partial charge >= 0.3 is 0 Å². The molecule has 1 amide bonds. The lowest BCUT2D eigenvalue weighted by molar-refractivity contribution is -0.118. The van der Waals surface area contributed by atoms with E-state index in [1.807, 2.05) is 0 Å². The molecule has 0 saturated carbocycles. The molecule has 2 rings (SSSR count). The van der Waals surface area contributed by atoms with E-state index in [-0.39, 0.29) is 17.7 Å². The Kier molecular flexibility index (Phi) is 3.94. The number of halogens is 1. The maximum Gasteiger partial charge on any atom is 0.228 e. The number of carbonyl (C=O) groups is 1. The molecule has 0 saturated heterocycles. The van der Waals surface area contributed by atoms with Crippen LogP contribution in [0.5, 0.6) is 0 Å². The van der Waals surface area contributed by atoms with Gasteiger partial charge in [0, 0.05) is 30.4 Å². The van der Waals surface area contributed by atoms with Crippen molar-refractivity contribution < 1.29 is 4.79 Å². The van der Waals surface area contributed by atoms with E-state index in [2.05, 4.69) is 15.4 Å². The van der Waals surface area contributed by atoms with Crippen LogP contribution < -0.4 is 5.32 Å². The molecule has 0 aliphatic rings. The minimum absolute atomic E-state index is 0.133. The third-order valence-electron chi connectivity index (χ3n) is 2.44. The van der Waals surface area contributed by atoms with E-state index in [1.165, 1.54) is 0 Å². The molecule has 2 heterocycles. The summed E-state index contributed by atoms with van der Waals surface area (Å²) in [5.41, 5.74) is 0.614. The first-order valence-electron chi connectivity index (χ1n) is 5.54. The van der Waals surface area contributed by atoms with Gasteiger partial charge in [-0.15, -0.1) is 11.6 Å². The van der Waals surface area contributed by atoms with Crippen LogP contribution >= 0.6 is 11.6 Å². The van der Waals surface area contributed by atoms with Crippen molar-refractivity contribution in [2.75, 3.05) is 11.2 Å². The molecule has 2 aromatic heterocycles. The Morgan fingerprint density at radius 2 is 2.33 bits per heavy atom. The molecule has 0 aliphatic carbocycles. The van der Waals surface area contributed by atoms with Crippen LogP contribution in [0.1, 0.15) is 6.92 Å². The highest BCUT2D eigenvalue weighted by Crippen LogP contribution is 2.17. The van der Waals surface area contributed by atoms with Gasteiger partial charge < -0.3 is 5.32 Å². The highest BCUT2D eigenvalue weighted by Gasteiger charge is 2.14. The minimum atomic E-state index is -0.252. The fraction of sp³-hybridized carbons (Fsp3) is 0.250. The molecule has 1 N–H and O–H groups in total. The number of carbonyl (C=O) groups excluding carboxylic acids is 1. The number of hydrogen-bond donors (Lipinski definition) is 1. The molecule has 0 radical (unpaired) electrons. The summed E-state index contributed by atoms with van der Waals surface area (Å²) < 4.78 is 1.60. The average Bonchev–Trinajstić information content (AvgIpc) is 2.92. The number of alkyl halides is 1. The van der Waals surface area contributed by atoms with E-state index < -0.39 is 0 Å². The van der Waals surface area contributed by atoms with Crippen molar-refractivity contribution in [2.24, 2.45) is 5.92 Å². The molecule has 18 heavy (non-hydrogen) atoms. The van der Waals surface area contributed by atoms with Crippen LogP contribution in [-0.2, 0) is 4.79 Å². The van der Waals surface area contributed by atoms with E-state index in [0.29, 0.717) is 11.5 Å². The lowest BCUT2D eigenvalue weighted by Gasteiger charge is -2.12. The summed E-state index contributed by atoms with van der Waals surface area (Å²) >= 11 is 5.66. The predicted octanol–water partition coefficient (Wildman–Crippen LogP) is 2.08. The number of aromatic nitrogens is 3. The van der Waals surface area contributed by atoms with Crippen molar-refractivity contribution in [2.45, 2.75) is 6.92 Å². The van der Waals surface area contributed by atoms with Gasteiger partial charge in [-0.05, 0) is 18.2 Å². The minimum Gasteiger partial charge on any atom is -0.323 e. The SMILES string of the molecule is CC(CCl)C(=O)Nc1cccnc1-n1cccn1. The van der Waals surface area contributed by atoms with Gasteiger partial charge in [0.25, 0.3) is 0 Å². The number of nitrogens with zero attached hydrogens (tertiary/aromatic N) is 3. The molecule has 2 aromatic rings. The topological polar surface area (TPSA) is 59.8 Å². The van der Waals surface area contributed by atoms with Crippen LogP contribution in [0.3, 0.4) is 0 Å². The Morgan fingerprint density at radius 3 is 3.00 bits per heavy atom. The van der Waals surface area contributed by atoms with Gasteiger partial charge in [-0.1, -0.05) is 6.92 Å². The van der Waals surface area contributed by atoms with Gasteiger partial charge in [0.1, 0.15) is 0 Å². The van der Waals surface area contributed by atoms with E-state index >= 15 is 0 Å². The Balaban J connectivity index is 2.26. The van der Waals surface area contributed by atoms with Crippen LogP contribution in [-0.4, -0.2) is 26.6 Å². The van der Waals surface area contributed by atoms with Crippen molar-refractivity contribution in [3.05, 3.63) is 36.8 Å². The van der Waals surface area contributed by atoms with Gasteiger partial charge in [-0.25, -0.2) is 9.67 Å². The van der Waals surface area contributed by atoms with Gasteiger partial charge in [0.2, 0.25) is 5.91 Å². The van der Waals surface area contributed by atoms with E-state index in [4.69, 9.17) is 11.6 Å². The molecule has 0 spiro atoms. The molecule has 0 aliphatic heterocycles. The molecule has 1 unspecified atom stereocenters. The zero-order chi connectivity index (χ0) is 13.0. The first kappa shape index (κ1) is 12.6. The predicted molar refractivity (Wildman–Crippen MR) is 69.9 cm³/mol. The standard InChI is InChI=1S/C12H13ClN4O/c1-9(8-13)12(18)16-10-4-2-5-14-11(10)17-7-3-6-15-17/h2-7,9H,8H2,1H3,(H,16,18).